The van der Waals surface area contributed by atoms with E-state index in [9.17, 15) is 13.2 Å². The Balaban J connectivity index is 2.13. The zero-order chi connectivity index (χ0) is 14.9. The van der Waals surface area contributed by atoms with Crippen molar-refractivity contribution < 1.29 is 13.2 Å². The molecule has 0 spiro atoms. The Morgan fingerprint density at radius 2 is 2.10 bits per heavy atom. The van der Waals surface area contributed by atoms with Crippen molar-refractivity contribution in [1.29, 1.82) is 0 Å². The van der Waals surface area contributed by atoms with Crippen LogP contribution in [0.25, 0.3) is 0 Å². The fourth-order valence-electron chi connectivity index (χ4n) is 2.04. The lowest BCUT2D eigenvalue weighted by Crippen LogP contribution is -2.36. The number of aryl methyl sites for hydroxylation is 1. The summed E-state index contributed by atoms with van der Waals surface area (Å²) in [6, 6.07) is 1.26. The summed E-state index contributed by atoms with van der Waals surface area (Å²) >= 11 is 0. The fourth-order valence-corrected chi connectivity index (χ4v) is 3.71. The van der Waals surface area contributed by atoms with Crippen LogP contribution in [-0.4, -0.2) is 55.9 Å². The van der Waals surface area contributed by atoms with Crippen molar-refractivity contribution in [3.8, 4) is 0 Å². The van der Waals surface area contributed by atoms with Crippen LogP contribution in [0.4, 0.5) is 5.95 Å². The minimum atomic E-state index is -3.01. The number of rotatable bonds is 3. The maximum atomic E-state index is 12.1. The molecule has 1 atom stereocenters. The molecule has 1 amide bonds. The molecule has 0 radical (unpaired) electrons. The molecule has 1 aromatic heterocycles. The van der Waals surface area contributed by atoms with E-state index >= 15 is 0 Å². The molecule has 2 rings (SSSR count). The van der Waals surface area contributed by atoms with Crippen molar-refractivity contribution in [2.45, 2.75) is 19.4 Å². The number of amides is 1. The molecule has 1 aromatic rings. The highest BCUT2D eigenvalue weighted by molar-refractivity contribution is 7.91. The van der Waals surface area contributed by atoms with Gasteiger partial charge in [-0.1, -0.05) is 0 Å². The number of hydrogen-bond acceptors (Lipinski definition) is 6. The third kappa shape index (κ3) is 3.44. The average molecular weight is 298 g/mol. The molecule has 1 fully saturated rings. The number of carbonyl (C=O) groups is 1. The van der Waals surface area contributed by atoms with Gasteiger partial charge in [0, 0.05) is 25.8 Å². The Morgan fingerprint density at radius 3 is 2.65 bits per heavy atom. The summed E-state index contributed by atoms with van der Waals surface area (Å²) in [7, 11) is 0.575. The first-order chi connectivity index (χ1) is 9.27. The maximum absolute atomic E-state index is 12.1. The summed E-state index contributed by atoms with van der Waals surface area (Å²) in [4.78, 5) is 22.2. The van der Waals surface area contributed by atoms with Crippen LogP contribution in [0.2, 0.25) is 0 Å². The van der Waals surface area contributed by atoms with Crippen LogP contribution in [0.15, 0.2) is 6.07 Å². The van der Waals surface area contributed by atoms with E-state index < -0.39 is 9.84 Å². The SMILES string of the molecule is Cc1cc(C(=O)N[C@@H]2CCS(=O)(=O)C2)nc(N(C)C)n1. The highest BCUT2D eigenvalue weighted by atomic mass is 32.2. The predicted molar refractivity (Wildman–Crippen MR) is 75.6 cm³/mol. The molecular weight excluding hydrogens is 280 g/mol. The molecule has 7 nitrogen and oxygen atoms in total. The summed E-state index contributed by atoms with van der Waals surface area (Å²) in [6.45, 7) is 1.78. The van der Waals surface area contributed by atoms with Crippen molar-refractivity contribution in [2.75, 3.05) is 30.5 Å². The van der Waals surface area contributed by atoms with Crippen LogP contribution in [0.5, 0.6) is 0 Å². The Labute approximate surface area is 118 Å². The van der Waals surface area contributed by atoms with Crippen molar-refractivity contribution in [3.05, 3.63) is 17.5 Å². The summed E-state index contributed by atoms with van der Waals surface area (Å²) in [5.41, 5.74) is 0.943. The maximum Gasteiger partial charge on any atom is 0.270 e. The average Bonchev–Trinajstić information content (AvgIpc) is 2.67. The minimum Gasteiger partial charge on any atom is -0.347 e. The van der Waals surface area contributed by atoms with Gasteiger partial charge < -0.3 is 10.2 Å². The quantitative estimate of drug-likeness (QED) is 0.828. The highest BCUT2D eigenvalue weighted by Crippen LogP contribution is 2.13. The molecule has 1 saturated heterocycles. The van der Waals surface area contributed by atoms with Crippen molar-refractivity contribution in [3.63, 3.8) is 0 Å². The highest BCUT2D eigenvalue weighted by Gasteiger charge is 2.29. The molecule has 2 heterocycles. The largest absolute Gasteiger partial charge is 0.347 e. The Kier molecular flexibility index (Phi) is 3.94. The summed E-state index contributed by atoms with van der Waals surface area (Å²) in [5.74, 6) is 0.224. The summed E-state index contributed by atoms with van der Waals surface area (Å²) < 4.78 is 22.7. The second kappa shape index (κ2) is 5.35. The van der Waals surface area contributed by atoms with Crippen LogP contribution in [0.1, 0.15) is 22.6 Å². The third-order valence-electron chi connectivity index (χ3n) is 3.04. The molecule has 110 valence electrons. The smallest absolute Gasteiger partial charge is 0.270 e. The Morgan fingerprint density at radius 1 is 1.40 bits per heavy atom. The van der Waals surface area contributed by atoms with E-state index in [2.05, 4.69) is 15.3 Å². The first-order valence-electron chi connectivity index (χ1n) is 6.31. The molecule has 8 heteroatoms. The normalized spacial score (nSPS) is 20.6. The fraction of sp³-hybridized carbons (Fsp3) is 0.583. The second-order valence-corrected chi connectivity index (χ2v) is 7.39. The number of nitrogens with zero attached hydrogens (tertiary/aromatic N) is 3. The molecule has 0 bridgehead atoms. The lowest BCUT2D eigenvalue weighted by Gasteiger charge is -2.14. The zero-order valence-corrected chi connectivity index (χ0v) is 12.6. The van der Waals surface area contributed by atoms with E-state index in [1.807, 2.05) is 0 Å². The molecule has 0 aromatic carbocycles. The van der Waals surface area contributed by atoms with E-state index in [0.717, 1.165) is 0 Å². The standard InChI is InChI=1S/C12H18N4O3S/c1-8-6-10(15-12(13-8)16(2)3)11(17)14-9-4-5-20(18,19)7-9/h6,9H,4-5,7H2,1-3H3,(H,14,17)/t9-/m1/s1. The van der Waals surface area contributed by atoms with Crippen LogP contribution in [0, 0.1) is 6.92 Å². The van der Waals surface area contributed by atoms with Gasteiger partial charge in [0.1, 0.15) is 5.69 Å². The zero-order valence-electron chi connectivity index (χ0n) is 11.8. The van der Waals surface area contributed by atoms with E-state index in [1.54, 1.807) is 32.0 Å². The van der Waals surface area contributed by atoms with Crippen LogP contribution >= 0.6 is 0 Å². The molecule has 1 aliphatic heterocycles. The number of aromatic nitrogens is 2. The summed E-state index contributed by atoms with van der Waals surface area (Å²) in [5, 5.41) is 2.72. The van der Waals surface area contributed by atoms with Crippen molar-refractivity contribution in [2.24, 2.45) is 0 Å². The van der Waals surface area contributed by atoms with Crippen molar-refractivity contribution >= 4 is 21.7 Å². The van der Waals surface area contributed by atoms with Gasteiger partial charge in [-0.25, -0.2) is 18.4 Å². The second-order valence-electron chi connectivity index (χ2n) is 5.16. The van der Waals surface area contributed by atoms with E-state index in [1.165, 1.54) is 0 Å². The number of hydrogen-bond donors (Lipinski definition) is 1. The molecule has 0 unspecified atom stereocenters. The van der Waals surface area contributed by atoms with Gasteiger partial charge in [-0.3, -0.25) is 4.79 Å². The first kappa shape index (κ1) is 14.7. The van der Waals surface area contributed by atoms with Gasteiger partial charge in [0.25, 0.3) is 5.91 Å². The number of nitrogens with one attached hydrogen (secondary N) is 1. The molecule has 0 saturated carbocycles. The molecule has 1 aliphatic rings. The van der Waals surface area contributed by atoms with E-state index in [4.69, 9.17) is 0 Å². The minimum absolute atomic E-state index is 0.00332. The van der Waals surface area contributed by atoms with Gasteiger partial charge in [0.15, 0.2) is 9.84 Å². The summed E-state index contributed by atoms with van der Waals surface area (Å²) in [6.07, 6.45) is 0.457. The van der Waals surface area contributed by atoms with Crippen LogP contribution in [0.3, 0.4) is 0 Å². The van der Waals surface area contributed by atoms with Gasteiger partial charge in [-0.2, -0.15) is 0 Å². The molecule has 20 heavy (non-hydrogen) atoms. The van der Waals surface area contributed by atoms with Gasteiger partial charge >= 0.3 is 0 Å². The van der Waals surface area contributed by atoms with Gasteiger partial charge in [-0.15, -0.1) is 0 Å². The Bertz CT molecular complexity index is 628. The van der Waals surface area contributed by atoms with E-state index in [-0.39, 0.29) is 29.1 Å². The number of sulfone groups is 1. The molecule has 1 N–H and O–H groups in total. The molecular formula is C12H18N4O3S. The third-order valence-corrected chi connectivity index (χ3v) is 4.81. The van der Waals surface area contributed by atoms with Gasteiger partial charge in [-0.05, 0) is 19.4 Å². The van der Waals surface area contributed by atoms with Crippen LogP contribution < -0.4 is 10.2 Å². The van der Waals surface area contributed by atoms with Crippen molar-refractivity contribution in [1.82, 2.24) is 15.3 Å². The number of anilines is 1. The lowest BCUT2D eigenvalue weighted by atomic mass is 10.2. The lowest BCUT2D eigenvalue weighted by molar-refractivity contribution is 0.0936. The monoisotopic (exact) mass is 298 g/mol. The Hall–Kier alpha value is -1.70. The predicted octanol–water partition coefficient (Wildman–Crippen LogP) is -0.232. The van der Waals surface area contributed by atoms with Gasteiger partial charge in [0.2, 0.25) is 5.95 Å². The van der Waals surface area contributed by atoms with Crippen LogP contribution in [-0.2, 0) is 9.84 Å². The topological polar surface area (TPSA) is 92.3 Å². The molecule has 0 aliphatic carbocycles. The van der Waals surface area contributed by atoms with Gasteiger partial charge in [0.05, 0.1) is 11.5 Å². The first-order valence-corrected chi connectivity index (χ1v) is 8.13. The number of carbonyl (C=O) groups excluding carboxylic acids is 1. The van der Waals surface area contributed by atoms with E-state index in [0.29, 0.717) is 18.1 Å².